The van der Waals surface area contributed by atoms with Crippen molar-refractivity contribution in [1.29, 1.82) is 0 Å². The van der Waals surface area contributed by atoms with Crippen LogP contribution < -0.4 is 4.74 Å². The standard InChI is InChI=1S/C22H14Cl2FNO3S2/c23-17-8-14(9-18(24)20(17)29-12-13-3-1-4-15(25)7-13)10-19-21(27)26(22(30)31-19)11-16-5-2-6-28-16/h1-10H,11-12H2/b19-10-. The van der Waals surface area contributed by atoms with Crippen LogP contribution >= 0.6 is 47.2 Å². The van der Waals surface area contributed by atoms with Crippen molar-refractivity contribution in [1.82, 2.24) is 4.90 Å². The first kappa shape index (κ1) is 21.9. The van der Waals surface area contributed by atoms with Gasteiger partial charge >= 0.3 is 0 Å². The number of hydrogen-bond donors (Lipinski definition) is 0. The van der Waals surface area contributed by atoms with Gasteiger partial charge in [-0.05, 0) is 53.6 Å². The van der Waals surface area contributed by atoms with Gasteiger partial charge in [-0.15, -0.1) is 0 Å². The second kappa shape index (κ2) is 9.44. The fourth-order valence-electron chi connectivity index (χ4n) is 2.93. The van der Waals surface area contributed by atoms with Gasteiger partial charge in [0, 0.05) is 0 Å². The summed E-state index contributed by atoms with van der Waals surface area (Å²) in [5.41, 5.74) is 1.28. The lowest BCUT2D eigenvalue weighted by Gasteiger charge is -2.12. The van der Waals surface area contributed by atoms with Gasteiger partial charge in [0.05, 0.1) is 27.8 Å². The van der Waals surface area contributed by atoms with Crippen LogP contribution in [0.25, 0.3) is 6.08 Å². The maximum atomic E-state index is 13.3. The summed E-state index contributed by atoms with van der Waals surface area (Å²) in [5.74, 6) is 0.363. The minimum absolute atomic E-state index is 0.113. The first-order valence-corrected chi connectivity index (χ1v) is 11.0. The van der Waals surface area contributed by atoms with Gasteiger partial charge in [0.2, 0.25) is 0 Å². The van der Waals surface area contributed by atoms with Crippen molar-refractivity contribution in [3.63, 3.8) is 0 Å². The average molecular weight is 494 g/mol. The number of nitrogens with zero attached hydrogens (tertiary/aromatic N) is 1. The zero-order valence-corrected chi connectivity index (χ0v) is 19.0. The summed E-state index contributed by atoms with van der Waals surface area (Å²) in [4.78, 5) is 14.7. The third-order valence-corrected chi connectivity index (χ3v) is 6.30. The molecule has 158 valence electrons. The smallest absolute Gasteiger partial charge is 0.266 e. The topological polar surface area (TPSA) is 42.7 Å². The zero-order chi connectivity index (χ0) is 22.0. The van der Waals surface area contributed by atoms with E-state index in [0.717, 1.165) is 0 Å². The highest BCUT2D eigenvalue weighted by atomic mass is 35.5. The molecular weight excluding hydrogens is 480 g/mol. The third kappa shape index (κ3) is 5.13. The minimum Gasteiger partial charge on any atom is -0.486 e. The van der Waals surface area contributed by atoms with Gasteiger partial charge in [-0.25, -0.2) is 4.39 Å². The number of thioether (sulfide) groups is 1. The van der Waals surface area contributed by atoms with Crippen molar-refractivity contribution in [2.24, 2.45) is 0 Å². The van der Waals surface area contributed by atoms with E-state index in [9.17, 15) is 9.18 Å². The first-order chi connectivity index (χ1) is 14.9. The Bertz CT molecular complexity index is 1160. The van der Waals surface area contributed by atoms with E-state index in [0.29, 0.717) is 26.1 Å². The molecule has 2 heterocycles. The van der Waals surface area contributed by atoms with E-state index in [1.807, 2.05) is 0 Å². The second-order valence-corrected chi connectivity index (χ2v) is 9.07. The number of furan rings is 1. The number of thiocarbonyl (C=S) groups is 1. The van der Waals surface area contributed by atoms with Crippen molar-refractivity contribution in [3.8, 4) is 5.75 Å². The molecule has 0 N–H and O–H groups in total. The fourth-order valence-corrected chi connectivity index (χ4v) is 4.80. The van der Waals surface area contributed by atoms with Crippen LogP contribution in [-0.2, 0) is 17.9 Å². The number of halogens is 3. The van der Waals surface area contributed by atoms with Crippen molar-refractivity contribution in [2.75, 3.05) is 0 Å². The summed E-state index contributed by atoms with van der Waals surface area (Å²) in [5, 5.41) is 0.558. The Morgan fingerprint density at radius 3 is 2.61 bits per heavy atom. The fraction of sp³-hybridized carbons (Fsp3) is 0.0909. The molecule has 4 nitrogen and oxygen atoms in total. The summed E-state index contributed by atoms with van der Waals surface area (Å²) in [6.07, 6.45) is 3.22. The Hall–Kier alpha value is -2.32. The molecule has 31 heavy (non-hydrogen) atoms. The molecule has 1 aliphatic heterocycles. The number of amides is 1. The van der Waals surface area contributed by atoms with Crippen molar-refractivity contribution < 1.29 is 18.3 Å². The van der Waals surface area contributed by atoms with E-state index in [1.165, 1.54) is 28.8 Å². The van der Waals surface area contributed by atoms with Gasteiger partial charge in [-0.3, -0.25) is 9.69 Å². The van der Waals surface area contributed by atoms with Crippen LogP contribution in [0, 0.1) is 5.82 Å². The number of benzene rings is 2. The molecule has 0 unspecified atom stereocenters. The van der Waals surface area contributed by atoms with E-state index in [4.69, 9.17) is 44.6 Å². The Morgan fingerprint density at radius 2 is 1.94 bits per heavy atom. The normalized spacial score (nSPS) is 15.2. The van der Waals surface area contributed by atoms with Crippen LogP contribution in [-0.4, -0.2) is 15.1 Å². The predicted molar refractivity (Wildman–Crippen MR) is 125 cm³/mol. The second-order valence-electron chi connectivity index (χ2n) is 6.58. The molecule has 0 atom stereocenters. The average Bonchev–Trinajstić information content (AvgIpc) is 3.32. The van der Waals surface area contributed by atoms with Crippen LogP contribution in [0.1, 0.15) is 16.9 Å². The Labute approximate surface area is 197 Å². The van der Waals surface area contributed by atoms with E-state index in [2.05, 4.69) is 0 Å². The maximum Gasteiger partial charge on any atom is 0.266 e. The molecule has 1 aromatic heterocycles. The Morgan fingerprint density at radius 1 is 1.16 bits per heavy atom. The third-order valence-electron chi connectivity index (χ3n) is 4.36. The molecule has 9 heteroatoms. The lowest BCUT2D eigenvalue weighted by atomic mass is 10.2. The lowest BCUT2D eigenvalue weighted by Crippen LogP contribution is -2.27. The molecule has 1 aliphatic rings. The van der Waals surface area contributed by atoms with Crippen molar-refractivity contribution >= 4 is 63.5 Å². The van der Waals surface area contributed by atoms with Gasteiger partial charge in [0.25, 0.3) is 5.91 Å². The molecule has 0 spiro atoms. The molecular formula is C22H14Cl2FNO3S2. The minimum atomic E-state index is -0.349. The molecule has 4 rings (SSSR count). The zero-order valence-electron chi connectivity index (χ0n) is 15.8. The molecule has 0 radical (unpaired) electrons. The van der Waals surface area contributed by atoms with E-state index < -0.39 is 0 Å². The molecule has 3 aromatic rings. The van der Waals surface area contributed by atoms with E-state index in [-0.39, 0.29) is 40.7 Å². The molecule has 2 aromatic carbocycles. The van der Waals surface area contributed by atoms with E-state index >= 15 is 0 Å². The first-order valence-electron chi connectivity index (χ1n) is 9.05. The molecule has 1 saturated heterocycles. The van der Waals surface area contributed by atoms with Crippen LogP contribution in [0.15, 0.2) is 64.1 Å². The van der Waals surface area contributed by atoms with Crippen molar-refractivity contribution in [3.05, 3.63) is 92.4 Å². The number of ether oxygens (including phenoxy) is 1. The molecule has 1 amide bonds. The molecule has 0 bridgehead atoms. The van der Waals surface area contributed by atoms with Gasteiger partial charge in [-0.1, -0.05) is 59.3 Å². The van der Waals surface area contributed by atoms with Gasteiger partial charge in [0.15, 0.2) is 5.75 Å². The lowest BCUT2D eigenvalue weighted by molar-refractivity contribution is -0.122. The van der Waals surface area contributed by atoms with Gasteiger partial charge in [-0.2, -0.15) is 0 Å². The highest BCUT2D eigenvalue weighted by molar-refractivity contribution is 8.26. The van der Waals surface area contributed by atoms with E-state index in [1.54, 1.807) is 48.7 Å². The summed E-state index contributed by atoms with van der Waals surface area (Å²) in [7, 11) is 0. The van der Waals surface area contributed by atoms with Crippen LogP contribution in [0.4, 0.5) is 4.39 Å². The number of carbonyl (C=O) groups excluding carboxylic acids is 1. The summed E-state index contributed by atoms with van der Waals surface area (Å²) in [6, 6.07) is 12.9. The summed E-state index contributed by atoms with van der Waals surface area (Å²) < 4.78 is 24.8. The summed E-state index contributed by atoms with van der Waals surface area (Å²) >= 11 is 19.2. The molecule has 0 aliphatic carbocycles. The number of carbonyl (C=O) groups is 1. The van der Waals surface area contributed by atoms with Crippen LogP contribution in [0.3, 0.4) is 0 Å². The van der Waals surface area contributed by atoms with Crippen LogP contribution in [0.5, 0.6) is 5.75 Å². The quantitative estimate of drug-likeness (QED) is 0.282. The maximum absolute atomic E-state index is 13.3. The SMILES string of the molecule is O=C1/C(=C/c2cc(Cl)c(OCc3cccc(F)c3)c(Cl)c2)SC(=S)N1Cc1ccco1. The highest BCUT2D eigenvalue weighted by Crippen LogP contribution is 2.38. The monoisotopic (exact) mass is 493 g/mol. The number of hydrogen-bond acceptors (Lipinski definition) is 5. The van der Waals surface area contributed by atoms with Gasteiger partial charge in [0.1, 0.15) is 22.5 Å². The molecule has 1 fully saturated rings. The van der Waals surface area contributed by atoms with Crippen molar-refractivity contribution in [2.45, 2.75) is 13.2 Å². The largest absolute Gasteiger partial charge is 0.486 e. The highest BCUT2D eigenvalue weighted by Gasteiger charge is 2.32. The summed E-state index contributed by atoms with van der Waals surface area (Å²) in [6.45, 7) is 0.380. The Kier molecular flexibility index (Phi) is 6.67. The number of rotatable bonds is 6. The van der Waals surface area contributed by atoms with Gasteiger partial charge < -0.3 is 9.15 Å². The molecule has 0 saturated carbocycles. The Balaban J connectivity index is 1.50. The predicted octanol–water partition coefficient (Wildman–Crippen LogP) is 6.71. The van der Waals surface area contributed by atoms with Crippen LogP contribution in [0.2, 0.25) is 10.0 Å².